The molecule has 6 rings (SSSR count). The van der Waals surface area contributed by atoms with Gasteiger partial charge in [0.25, 0.3) is 0 Å². The molecule has 2 aliphatic rings. The van der Waals surface area contributed by atoms with Gasteiger partial charge in [-0.2, -0.15) is 0 Å². The molecule has 2 aromatic carbocycles. The van der Waals surface area contributed by atoms with E-state index in [1.54, 1.807) is 24.6 Å². The fourth-order valence-corrected chi connectivity index (χ4v) is 7.12. The third-order valence-corrected chi connectivity index (χ3v) is 9.56. The van der Waals surface area contributed by atoms with E-state index >= 15 is 0 Å². The first-order chi connectivity index (χ1) is 21.0. The second-order valence-corrected chi connectivity index (χ2v) is 12.3. The topological polar surface area (TPSA) is 81.2 Å². The highest BCUT2D eigenvalue weighted by Gasteiger charge is 2.33. The number of benzene rings is 2. The Kier molecular flexibility index (Phi) is 9.18. The first-order valence-electron chi connectivity index (χ1n) is 14.9. The molecule has 0 spiro atoms. The van der Waals surface area contributed by atoms with Gasteiger partial charge in [-0.1, -0.05) is 6.07 Å². The molecule has 2 aliphatic heterocycles. The van der Waals surface area contributed by atoms with Crippen LogP contribution in [0.5, 0.6) is 5.75 Å². The Bertz CT molecular complexity index is 1500. The number of rotatable bonds is 9. The van der Waals surface area contributed by atoms with Crippen molar-refractivity contribution in [3.05, 3.63) is 88.5 Å². The van der Waals surface area contributed by atoms with E-state index in [0.717, 1.165) is 84.9 Å². The number of pyridine rings is 1. The second-order valence-electron chi connectivity index (χ2n) is 11.3. The molecule has 0 bridgehead atoms. The zero-order valence-corrected chi connectivity index (χ0v) is 25.2. The molecule has 0 aliphatic carbocycles. The van der Waals surface area contributed by atoms with Gasteiger partial charge in [-0.3, -0.25) is 14.7 Å². The number of aliphatic hydroxyl groups excluding tert-OH is 1. The van der Waals surface area contributed by atoms with Crippen molar-refractivity contribution >= 4 is 33.8 Å². The summed E-state index contributed by atoms with van der Waals surface area (Å²) in [6.07, 6.45) is 2.75. The SMILES string of the molecule is COc1ccc2nccc([C@@H](O)CN3CCC(NC(=O)C(c4cccs4)N4CCN(c5ccc(F)cc5)CC4)CC3)c2c1. The number of halogens is 1. The first-order valence-corrected chi connectivity index (χ1v) is 15.8. The summed E-state index contributed by atoms with van der Waals surface area (Å²) in [5, 5.41) is 17.4. The summed E-state index contributed by atoms with van der Waals surface area (Å²) in [5.41, 5.74) is 2.68. The quantitative estimate of drug-likeness (QED) is 0.289. The number of carbonyl (C=O) groups excluding carboxylic acids is 1. The number of thiophene rings is 1. The highest BCUT2D eigenvalue weighted by atomic mass is 32.1. The van der Waals surface area contributed by atoms with Gasteiger partial charge in [-0.15, -0.1) is 11.3 Å². The molecule has 226 valence electrons. The summed E-state index contributed by atoms with van der Waals surface area (Å²) < 4.78 is 18.8. The van der Waals surface area contributed by atoms with Gasteiger partial charge in [0.05, 0.1) is 18.7 Å². The van der Waals surface area contributed by atoms with Crippen LogP contribution in [-0.4, -0.2) is 84.8 Å². The van der Waals surface area contributed by atoms with Gasteiger partial charge < -0.3 is 25.0 Å². The standard InChI is InChI=1S/C33H38FN5O3S/c1-42-26-8-9-29-28(21-26)27(10-13-35-29)30(40)22-37-14-11-24(12-15-37)36-33(41)32(31-3-2-20-43-31)39-18-16-38(17-19-39)25-6-4-23(34)5-7-25/h2-10,13,20-21,24,30,32,40H,11-12,14-19,22H2,1H3,(H,36,41)/t30-,32?/m0/s1. The van der Waals surface area contributed by atoms with Crippen molar-refractivity contribution in [2.45, 2.75) is 31.0 Å². The fraction of sp³-hybridized carbons (Fsp3) is 0.394. The number of ether oxygens (including phenoxy) is 1. The summed E-state index contributed by atoms with van der Waals surface area (Å²) in [4.78, 5) is 26.0. The average molecular weight is 604 g/mol. The Morgan fingerprint density at radius 3 is 2.53 bits per heavy atom. The van der Waals surface area contributed by atoms with E-state index in [-0.39, 0.29) is 23.8 Å². The van der Waals surface area contributed by atoms with Gasteiger partial charge in [0, 0.05) is 74.0 Å². The van der Waals surface area contributed by atoms with Crippen LogP contribution in [0.15, 0.2) is 72.2 Å². The van der Waals surface area contributed by atoms with Crippen LogP contribution in [0.25, 0.3) is 10.9 Å². The number of anilines is 1. The normalized spacial score (nSPS) is 18.4. The number of amides is 1. The third-order valence-electron chi connectivity index (χ3n) is 8.64. The zero-order valence-electron chi connectivity index (χ0n) is 24.4. The molecule has 1 unspecified atom stereocenters. The largest absolute Gasteiger partial charge is 0.497 e. The van der Waals surface area contributed by atoms with Crippen molar-refractivity contribution < 1.29 is 19.0 Å². The van der Waals surface area contributed by atoms with Crippen LogP contribution >= 0.6 is 11.3 Å². The minimum absolute atomic E-state index is 0.0494. The molecule has 2 saturated heterocycles. The van der Waals surface area contributed by atoms with Crippen molar-refractivity contribution in [2.24, 2.45) is 0 Å². The monoisotopic (exact) mass is 603 g/mol. The third kappa shape index (κ3) is 6.83. The van der Waals surface area contributed by atoms with Crippen LogP contribution in [-0.2, 0) is 4.79 Å². The molecule has 2 fully saturated rings. The Balaban J connectivity index is 1.04. The lowest BCUT2D eigenvalue weighted by molar-refractivity contribution is -0.127. The van der Waals surface area contributed by atoms with Crippen LogP contribution in [0.3, 0.4) is 0 Å². The number of aromatic nitrogens is 1. The Morgan fingerprint density at radius 1 is 1.07 bits per heavy atom. The van der Waals surface area contributed by atoms with Crippen LogP contribution < -0.4 is 15.0 Å². The Hall–Kier alpha value is -3.57. The lowest BCUT2D eigenvalue weighted by Gasteiger charge is -2.40. The van der Waals surface area contributed by atoms with Gasteiger partial charge in [0.1, 0.15) is 17.6 Å². The number of β-amino-alcohol motifs (C(OH)–C–C–N with tert-alkyl or cyclic N) is 1. The number of likely N-dealkylation sites (tertiary alicyclic amines) is 1. The molecule has 2 N–H and O–H groups in total. The van der Waals surface area contributed by atoms with Crippen molar-refractivity contribution in [3.63, 3.8) is 0 Å². The van der Waals surface area contributed by atoms with Gasteiger partial charge in [0.2, 0.25) is 5.91 Å². The van der Waals surface area contributed by atoms with Crippen LogP contribution in [0.1, 0.15) is 35.4 Å². The lowest BCUT2D eigenvalue weighted by Crippen LogP contribution is -2.53. The van der Waals surface area contributed by atoms with E-state index < -0.39 is 6.10 Å². The number of nitrogens with zero attached hydrogens (tertiary/aromatic N) is 4. The van der Waals surface area contributed by atoms with Crippen molar-refractivity contribution in [1.82, 2.24) is 20.1 Å². The van der Waals surface area contributed by atoms with Crippen LogP contribution in [0.2, 0.25) is 0 Å². The number of piperidine rings is 1. The molecule has 8 nitrogen and oxygen atoms in total. The number of nitrogens with one attached hydrogen (secondary N) is 1. The van der Waals surface area contributed by atoms with Gasteiger partial charge in [-0.25, -0.2) is 4.39 Å². The van der Waals surface area contributed by atoms with Crippen LogP contribution in [0.4, 0.5) is 10.1 Å². The van der Waals surface area contributed by atoms with E-state index in [1.165, 1.54) is 12.1 Å². The number of carbonyl (C=O) groups is 1. The zero-order chi connectivity index (χ0) is 29.8. The molecular weight excluding hydrogens is 565 g/mol. The number of hydrogen-bond acceptors (Lipinski definition) is 8. The number of methoxy groups -OCH3 is 1. The molecule has 2 atom stereocenters. The lowest BCUT2D eigenvalue weighted by atomic mass is 10.0. The Labute approximate surface area is 255 Å². The van der Waals surface area contributed by atoms with Crippen molar-refractivity contribution in [1.29, 1.82) is 0 Å². The molecule has 4 heterocycles. The van der Waals surface area contributed by atoms with E-state index in [9.17, 15) is 14.3 Å². The molecule has 4 aromatic rings. The van der Waals surface area contributed by atoms with E-state index in [4.69, 9.17) is 4.74 Å². The predicted molar refractivity (Wildman–Crippen MR) is 168 cm³/mol. The second kappa shape index (κ2) is 13.4. The summed E-state index contributed by atoms with van der Waals surface area (Å²) >= 11 is 1.62. The maximum Gasteiger partial charge on any atom is 0.243 e. The van der Waals surface area contributed by atoms with E-state index in [2.05, 4.69) is 25.0 Å². The minimum atomic E-state index is -0.652. The molecule has 43 heavy (non-hydrogen) atoms. The summed E-state index contributed by atoms with van der Waals surface area (Å²) in [6.45, 7) is 5.18. The molecule has 0 saturated carbocycles. The summed E-state index contributed by atoms with van der Waals surface area (Å²) in [6, 6.07) is 18.0. The fourth-order valence-electron chi connectivity index (χ4n) is 6.26. The number of hydrogen-bond donors (Lipinski definition) is 2. The summed E-state index contributed by atoms with van der Waals surface area (Å²) in [7, 11) is 1.63. The van der Waals surface area contributed by atoms with E-state index in [1.807, 2.05) is 53.9 Å². The maximum atomic E-state index is 13.7. The number of fused-ring (bicyclic) bond motifs is 1. The minimum Gasteiger partial charge on any atom is -0.497 e. The van der Waals surface area contributed by atoms with Crippen LogP contribution in [0, 0.1) is 5.82 Å². The van der Waals surface area contributed by atoms with Gasteiger partial charge >= 0.3 is 0 Å². The van der Waals surface area contributed by atoms with Crippen molar-refractivity contribution in [2.75, 3.05) is 57.8 Å². The Morgan fingerprint density at radius 2 is 1.84 bits per heavy atom. The first kappa shape index (κ1) is 29.5. The summed E-state index contributed by atoms with van der Waals surface area (Å²) in [5.74, 6) is 0.553. The van der Waals surface area contributed by atoms with E-state index in [0.29, 0.717) is 6.54 Å². The van der Waals surface area contributed by atoms with Crippen molar-refractivity contribution in [3.8, 4) is 5.75 Å². The molecular formula is C33H38FN5O3S. The highest BCUT2D eigenvalue weighted by Crippen LogP contribution is 2.30. The average Bonchev–Trinajstić information content (AvgIpc) is 3.56. The highest BCUT2D eigenvalue weighted by molar-refractivity contribution is 7.10. The maximum absolute atomic E-state index is 13.7. The molecule has 2 aromatic heterocycles. The molecule has 10 heteroatoms. The smallest absolute Gasteiger partial charge is 0.243 e. The molecule has 0 radical (unpaired) electrons. The van der Waals surface area contributed by atoms with Gasteiger partial charge in [-0.05, 0) is 78.4 Å². The van der Waals surface area contributed by atoms with Gasteiger partial charge in [0.15, 0.2) is 0 Å². The predicted octanol–water partition coefficient (Wildman–Crippen LogP) is 4.62. The number of piperazine rings is 1. The number of aliphatic hydroxyl groups is 1. The molecule has 1 amide bonds.